The van der Waals surface area contributed by atoms with Crippen LogP contribution in [0.2, 0.25) is 0 Å². The maximum atomic E-state index is 11.2. The molecule has 0 radical (unpaired) electrons. The predicted octanol–water partition coefficient (Wildman–Crippen LogP) is -1.54. The molecule has 2 N–H and O–H groups in total. The van der Waals surface area contributed by atoms with Gasteiger partial charge in [-0.25, -0.2) is 13.8 Å². The molecule has 2 aromatic rings. The SMILES string of the molecule is O=NNc1c(O)cc(S(=O)(=O)[O-])c2cc([N+](=O)[O-])ccc12.[Na+]. The van der Waals surface area contributed by atoms with E-state index in [0.29, 0.717) is 6.07 Å². The summed E-state index contributed by atoms with van der Waals surface area (Å²) in [4.78, 5) is 19.4. The summed E-state index contributed by atoms with van der Waals surface area (Å²) in [6.07, 6.45) is 0. The van der Waals surface area contributed by atoms with Crippen molar-refractivity contribution in [2.45, 2.75) is 4.90 Å². The van der Waals surface area contributed by atoms with E-state index in [1.165, 1.54) is 0 Å². The number of non-ortho nitro benzene ring substituents is 1. The molecule has 0 aliphatic heterocycles. The zero-order valence-corrected chi connectivity index (χ0v) is 13.8. The van der Waals surface area contributed by atoms with Gasteiger partial charge < -0.3 is 9.66 Å². The number of nitroso groups, excluding NO2 is 1. The Hall–Kier alpha value is -1.79. The minimum Gasteiger partial charge on any atom is -0.744 e. The maximum absolute atomic E-state index is 11.2. The molecule has 0 bridgehead atoms. The van der Waals surface area contributed by atoms with Crippen molar-refractivity contribution in [2.24, 2.45) is 5.29 Å². The topological polar surface area (TPSA) is 162 Å². The smallest absolute Gasteiger partial charge is 0.744 e. The Balaban J connectivity index is 0.00000242. The van der Waals surface area contributed by atoms with Crippen molar-refractivity contribution < 1.29 is 52.6 Å². The van der Waals surface area contributed by atoms with Gasteiger partial charge in [-0.15, -0.1) is 4.91 Å². The Labute approximate surface area is 145 Å². The van der Waals surface area contributed by atoms with Crippen LogP contribution in [0.3, 0.4) is 0 Å². The summed E-state index contributed by atoms with van der Waals surface area (Å²) in [6, 6.07) is 3.58. The van der Waals surface area contributed by atoms with Crippen LogP contribution in [0.25, 0.3) is 10.8 Å². The first-order valence-electron chi connectivity index (χ1n) is 5.24. The van der Waals surface area contributed by atoms with Gasteiger partial charge >= 0.3 is 29.6 Å². The van der Waals surface area contributed by atoms with Crippen LogP contribution in [-0.4, -0.2) is 23.0 Å². The third-order valence-electron chi connectivity index (χ3n) is 2.70. The summed E-state index contributed by atoms with van der Waals surface area (Å²) in [7, 11) is -5.00. The van der Waals surface area contributed by atoms with Crippen molar-refractivity contribution in [2.75, 3.05) is 5.43 Å². The number of aromatic hydroxyl groups is 1. The number of phenols is 1. The van der Waals surface area contributed by atoms with E-state index >= 15 is 0 Å². The van der Waals surface area contributed by atoms with Gasteiger partial charge in [-0.1, -0.05) is 0 Å². The van der Waals surface area contributed by atoms with Crippen molar-refractivity contribution in [3.05, 3.63) is 39.3 Å². The summed E-state index contributed by atoms with van der Waals surface area (Å²) >= 11 is 0. The Morgan fingerprint density at radius 3 is 2.36 bits per heavy atom. The molecule has 2 rings (SSSR count). The second-order valence-corrected chi connectivity index (χ2v) is 5.26. The zero-order chi connectivity index (χ0) is 15.8. The predicted molar refractivity (Wildman–Crippen MR) is 69.6 cm³/mol. The van der Waals surface area contributed by atoms with Crippen LogP contribution in [0, 0.1) is 15.0 Å². The number of hydrogen-bond donors (Lipinski definition) is 2. The number of fused-ring (bicyclic) bond motifs is 1. The number of hydrogen-bond acceptors (Lipinski definition) is 8. The standard InChI is InChI=1S/C10H7N3O7S.Na/c14-8-4-9(21(18,19)20)7-3-5(13(16)17)1-2-6(7)10(8)11-12-15;/h1-4,14H,(H,11,15)(H,18,19,20);/q;+1/p-1. The van der Waals surface area contributed by atoms with E-state index in [1.54, 1.807) is 0 Å². The van der Waals surface area contributed by atoms with E-state index in [4.69, 9.17) is 0 Å². The molecular weight excluding hydrogens is 329 g/mol. The fourth-order valence-electron chi connectivity index (χ4n) is 1.85. The summed E-state index contributed by atoms with van der Waals surface area (Å²) in [5.41, 5.74) is 1.18. The molecule has 0 heterocycles. The number of rotatable bonds is 4. The van der Waals surface area contributed by atoms with Crippen LogP contribution >= 0.6 is 0 Å². The van der Waals surface area contributed by atoms with Gasteiger partial charge in [-0.3, -0.25) is 10.1 Å². The second kappa shape index (κ2) is 6.54. The van der Waals surface area contributed by atoms with E-state index in [0.717, 1.165) is 18.2 Å². The Kier molecular flexibility index (Phi) is 5.43. The molecule has 0 aliphatic rings. The molecule has 0 amide bonds. The fraction of sp³-hybridized carbons (Fsp3) is 0. The van der Waals surface area contributed by atoms with Crippen molar-refractivity contribution >= 4 is 32.3 Å². The molecule has 12 heteroatoms. The van der Waals surface area contributed by atoms with E-state index in [9.17, 15) is 33.1 Å². The second-order valence-electron chi connectivity index (χ2n) is 3.91. The monoisotopic (exact) mass is 335 g/mol. The molecule has 0 aliphatic carbocycles. The van der Waals surface area contributed by atoms with Crippen LogP contribution in [0.4, 0.5) is 11.4 Å². The first-order chi connectivity index (χ1) is 9.75. The minimum atomic E-state index is -5.00. The number of anilines is 1. The molecule has 0 saturated heterocycles. The molecule has 0 saturated carbocycles. The fourth-order valence-corrected chi connectivity index (χ4v) is 2.54. The average molecular weight is 335 g/mol. The molecule has 0 unspecified atom stereocenters. The summed E-state index contributed by atoms with van der Waals surface area (Å²) in [6.45, 7) is 0. The zero-order valence-electron chi connectivity index (χ0n) is 11.0. The number of nitrogens with one attached hydrogen (secondary N) is 1. The van der Waals surface area contributed by atoms with Gasteiger partial charge in [0.25, 0.3) is 5.69 Å². The van der Waals surface area contributed by atoms with Gasteiger partial charge in [-0.05, 0) is 6.07 Å². The van der Waals surface area contributed by atoms with Gasteiger partial charge in [-0.2, -0.15) is 0 Å². The third kappa shape index (κ3) is 3.34. The molecule has 0 atom stereocenters. The molecule has 0 aromatic heterocycles. The van der Waals surface area contributed by atoms with Gasteiger partial charge in [0.1, 0.15) is 21.6 Å². The van der Waals surface area contributed by atoms with Crippen molar-refractivity contribution in [3.63, 3.8) is 0 Å². The Bertz CT molecular complexity index is 868. The first kappa shape index (κ1) is 18.3. The quantitative estimate of drug-likeness (QED) is 0.169. The van der Waals surface area contributed by atoms with E-state index in [2.05, 4.69) is 5.29 Å². The number of nitro benzene ring substituents is 1. The molecular formula is C10H6N3NaO7S. The Morgan fingerprint density at radius 2 is 1.86 bits per heavy atom. The van der Waals surface area contributed by atoms with Gasteiger partial charge in [0.15, 0.2) is 0 Å². The van der Waals surface area contributed by atoms with Crippen LogP contribution in [0.1, 0.15) is 0 Å². The van der Waals surface area contributed by atoms with Crippen LogP contribution in [-0.2, 0) is 10.1 Å². The van der Waals surface area contributed by atoms with Crippen molar-refractivity contribution in [1.82, 2.24) is 0 Å². The van der Waals surface area contributed by atoms with Crippen LogP contribution in [0.5, 0.6) is 5.75 Å². The van der Waals surface area contributed by atoms with E-state index in [1.807, 2.05) is 5.43 Å². The van der Waals surface area contributed by atoms with Crippen molar-refractivity contribution in [3.8, 4) is 5.75 Å². The summed E-state index contributed by atoms with van der Waals surface area (Å²) in [5, 5.41) is 22.4. The van der Waals surface area contributed by atoms with Gasteiger partial charge in [0.2, 0.25) is 0 Å². The number of benzene rings is 2. The summed E-state index contributed by atoms with van der Waals surface area (Å²) < 4.78 is 33.6. The maximum Gasteiger partial charge on any atom is 1.00 e. The molecule has 22 heavy (non-hydrogen) atoms. The normalized spacial score (nSPS) is 10.8. The first-order valence-corrected chi connectivity index (χ1v) is 6.65. The third-order valence-corrected chi connectivity index (χ3v) is 3.58. The molecule has 2 aromatic carbocycles. The molecule has 110 valence electrons. The Morgan fingerprint density at radius 1 is 1.23 bits per heavy atom. The molecule has 0 spiro atoms. The van der Waals surface area contributed by atoms with Crippen LogP contribution in [0.15, 0.2) is 34.4 Å². The van der Waals surface area contributed by atoms with Crippen LogP contribution < -0.4 is 35.0 Å². The summed E-state index contributed by atoms with van der Waals surface area (Å²) in [5.74, 6) is -0.703. The van der Waals surface area contributed by atoms with E-state index in [-0.39, 0.29) is 46.0 Å². The van der Waals surface area contributed by atoms with Gasteiger partial charge in [0, 0.05) is 29.0 Å². The van der Waals surface area contributed by atoms with Gasteiger partial charge in [0.05, 0.1) is 15.1 Å². The minimum absolute atomic E-state index is 0. The average Bonchev–Trinajstić information content (AvgIpc) is 2.39. The molecule has 10 nitrogen and oxygen atoms in total. The number of nitro groups is 1. The number of phenolic OH excluding ortho intramolecular Hbond substituents is 1. The van der Waals surface area contributed by atoms with E-state index < -0.39 is 31.4 Å². The largest absolute Gasteiger partial charge is 1.00 e. The molecule has 0 fully saturated rings. The number of nitrogens with zero attached hydrogens (tertiary/aromatic N) is 2. The van der Waals surface area contributed by atoms with Crippen molar-refractivity contribution in [1.29, 1.82) is 0 Å².